The van der Waals surface area contributed by atoms with Crippen LogP contribution in [0.1, 0.15) is 25.0 Å². The first-order valence-corrected chi connectivity index (χ1v) is 8.74. The van der Waals surface area contributed by atoms with Gasteiger partial charge in [-0.1, -0.05) is 12.1 Å². The number of nitrogens with two attached hydrogens (primary N) is 1. The molecule has 0 aliphatic heterocycles. The molecule has 0 fully saturated rings. The van der Waals surface area contributed by atoms with E-state index in [2.05, 4.69) is 10.5 Å². The molecule has 0 spiro atoms. The minimum Gasteiger partial charge on any atom is -0.481 e. The first-order chi connectivity index (χ1) is 13.3. The molecular formula is C21H21N3O4. The summed E-state index contributed by atoms with van der Waals surface area (Å²) >= 11 is 0. The second-order valence-electron chi connectivity index (χ2n) is 6.46. The van der Waals surface area contributed by atoms with Gasteiger partial charge in [-0.15, -0.1) is 0 Å². The molecule has 7 heteroatoms. The van der Waals surface area contributed by atoms with Crippen molar-refractivity contribution in [2.24, 2.45) is 5.10 Å². The maximum Gasteiger partial charge on any atom is 0.336 e. The van der Waals surface area contributed by atoms with Crippen molar-refractivity contribution in [3.63, 3.8) is 0 Å². The second-order valence-corrected chi connectivity index (χ2v) is 6.46. The number of nitrogens with zero attached hydrogens (tertiary/aromatic N) is 1. The van der Waals surface area contributed by atoms with Crippen LogP contribution in [-0.2, 0) is 4.79 Å². The Hall–Kier alpha value is -3.61. The van der Waals surface area contributed by atoms with E-state index in [9.17, 15) is 9.59 Å². The summed E-state index contributed by atoms with van der Waals surface area (Å²) in [5, 5.41) is 4.91. The van der Waals surface area contributed by atoms with Crippen LogP contribution in [0.3, 0.4) is 0 Å². The molecule has 1 aromatic heterocycles. The van der Waals surface area contributed by atoms with Gasteiger partial charge in [0.2, 0.25) is 0 Å². The van der Waals surface area contributed by atoms with Crippen molar-refractivity contribution in [2.45, 2.75) is 26.9 Å². The number of anilines is 1. The monoisotopic (exact) mass is 379 g/mol. The molecule has 0 unspecified atom stereocenters. The average molecular weight is 379 g/mol. The number of aryl methyl sites for hydroxylation is 1. The Morgan fingerprint density at radius 1 is 1.18 bits per heavy atom. The Morgan fingerprint density at radius 2 is 1.89 bits per heavy atom. The molecule has 0 aliphatic carbocycles. The maximum atomic E-state index is 12.3. The quantitative estimate of drug-likeness (QED) is 0.307. The third-order valence-corrected chi connectivity index (χ3v) is 4.27. The van der Waals surface area contributed by atoms with E-state index in [0.29, 0.717) is 22.7 Å². The second kappa shape index (κ2) is 7.96. The van der Waals surface area contributed by atoms with E-state index in [1.807, 2.05) is 19.1 Å². The number of carbonyl (C=O) groups excluding carboxylic acids is 1. The number of benzene rings is 2. The van der Waals surface area contributed by atoms with Gasteiger partial charge in [-0.25, -0.2) is 10.2 Å². The van der Waals surface area contributed by atoms with E-state index < -0.39 is 17.6 Å². The molecule has 7 nitrogen and oxygen atoms in total. The van der Waals surface area contributed by atoms with E-state index in [4.69, 9.17) is 14.9 Å². The van der Waals surface area contributed by atoms with Crippen molar-refractivity contribution < 1.29 is 13.9 Å². The summed E-state index contributed by atoms with van der Waals surface area (Å²) in [4.78, 5) is 23.8. The Labute approximate surface area is 161 Å². The van der Waals surface area contributed by atoms with Crippen LogP contribution in [0.25, 0.3) is 11.0 Å². The third kappa shape index (κ3) is 4.37. The van der Waals surface area contributed by atoms with Gasteiger partial charge in [-0.3, -0.25) is 4.79 Å². The fourth-order valence-corrected chi connectivity index (χ4v) is 2.65. The smallest absolute Gasteiger partial charge is 0.336 e. The van der Waals surface area contributed by atoms with Crippen LogP contribution < -0.4 is 21.5 Å². The van der Waals surface area contributed by atoms with Crippen molar-refractivity contribution in [1.82, 2.24) is 5.43 Å². The molecule has 1 amide bonds. The van der Waals surface area contributed by atoms with Gasteiger partial charge >= 0.3 is 5.63 Å². The summed E-state index contributed by atoms with van der Waals surface area (Å²) in [5.74, 6) is 0.0173. The lowest BCUT2D eigenvalue weighted by Gasteiger charge is -2.14. The fraction of sp³-hybridized carbons (Fsp3) is 0.190. The van der Waals surface area contributed by atoms with Gasteiger partial charge < -0.3 is 14.9 Å². The summed E-state index contributed by atoms with van der Waals surface area (Å²) in [5.41, 5.74) is 11.1. The molecule has 2 aromatic carbocycles. The van der Waals surface area contributed by atoms with Crippen LogP contribution in [-0.4, -0.2) is 17.7 Å². The molecule has 0 aliphatic rings. The minimum absolute atomic E-state index is 0.402. The molecule has 1 heterocycles. The largest absolute Gasteiger partial charge is 0.481 e. The van der Waals surface area contributed by atoms with Gasteiger partial charge in [0.25, 0.3) is 5.91 Å². The zero-order valence-electron chi connectivity index (χ0n) is 15.9. The van der Waals surface area contributed by atoms with Gasteiger partial charge in [0, 0.05) is 23.2 Å². The number of hydrogen-bond acceptors (Lipinski definition) is 6. The maximum absolute atomic E-state index is 12.3. The lowest BCUT2D eigenvalue weighted by atomic mass is 10.1. The first kappa shape index (κ1) is 19.2. The van der Waals surface area contributed by atoms with Crippen LogP contribution in [0.15, 0.2) is 62.8 Å². The zero-order valence-corrected chi connectivity index (χ0v) is 15.9. The zero-order chi connectivity index (χ0) is 20.3. The molecule has 1 atom stereocenters. The molecular weight excluding hydrogens is 358 g/mol. The highest BCUT2D eigenvalue weighted by Gasteiger charge is 2.15. The van der Waals surface area contributed by atoms with Crippen LogP contribution in [0.2, 0.25) is 0 Å². The Balaban J connectivity index is 1.68. The van der Waals surface area contributed by atoms with Gasteiger partial charge in [0.15, 0.2) is 6.10 Å². The number of fused-ring (bicyclic) bond motifs is 1. The highest BCUT2D eigenvalue weighted by Crippen LogP contribution is 2.23. The molecule has 3 N–H and O–H groups in total. The van der Waals surface area contributed by atoms with Crippen LogP contribution in [0.4, 0.5) is 5.69 Å². The first-order valence-electron chi connectivity index (χ1n) is 8.74. The predicted molar refractivity (Wildman–Crippen MR) is 109 cm³/mol. The Kier molecular flexibility index (Phi) is 5.44. The molecule has 0 saturated carbocycles. The molecule has 28 heavy (non-hydrogen) atoms. The highest BCUT2D eigenvalue weighted by molar-refractivity contribution is 5.99. The fourth-order valence-electron chi connectivity index (χ4n) is 2.65. The van der Waals surface area contributed by atoms with Crippen molar-refractivity contribution in [3.8, 4) is 5.75 Å². The summed E-state index contributed by atoms with van der Waals surface area (Å²) in [7, 11) is 0. The minimum atomic E-state index is -0.794. The summed E-state index contributed by atoms with van der Waals surface area (Å²) in [6, 6.07) is 13.7. The number of nitrogen functional groups attached to an aromatic ring is 1. The number of ether oxygens (including phenoxy) is 1. The van der Waals surface area contributed by atoms with Gasteiger partial charge in [-0.2, -0.15) is 5.10 Å². The Bertz CT molecular complexity index is 1100. The summed E-state index contributed by atoms with van der Waals surface area (Å²) < 4.78 is 10.9. The predicted octanol–water partition coefficient (Wildman–Crippen LogP) is 2.99. The summed E-state index contributed by atoms with van der Waals surface area (Å²) in [6.45, 7) is 5.22. The van der Waals surface area contributed by atoms with Crippen molar-refractivity contribution in [1.29, 1.82) is 0 Å². The molecule has 0 saturated heterocycles. The van der Waals surface area contributed by atoms with E-state index in [-0.39, 0.29) is 0 Å². The lowest BCUT2D eigenvalue weighted by Crippen LogP contribution is -2.33. The molecule has 0 bridgehead atoms. The van der Waals surface area contributed by atoms with Gasteiger partial charge in [0.05, 0.1) is 5.71 Å². The van der Waals surface area contributed by atoms with E-state index >= 15 is 0 Å². The SMILES string of the molecule is C/C(=N/NC(=O)[C@H](C)Oc1ccc2c(C)cc(=O)oc2c1)c1ccc(N)cc1. The average Bonchev–Trinajstić information content (AvgIpc) is 2.65. The molecule has 144 valence electrons. The van der Waals surface area contributed by atoms with Crippen LogP contribution in [0, 0.1) is 6.92 Å². The Morgan fingerprint density at radius 3 is 2.61 bits per heavy atom. The number of amides is 1. The molecule has 0 radical (unpaired) electrons. The van der Waals surface area contributed by atoms with Gasteiger partial charge in [-0.05, 0) is 56.2 Å². The standard InChI is InChI=1S/C21H21N3O4/c1-12-10-20(25)28-19-11-17(8-9-18(12)19)27-14(3)21(26)24-23-13(2)15-4-6-16(22)7-5-15/h4-11,14H,22H2,1-3H3,(H,24,26)/b23-13-/t14-/m0/s1. The highest BCUT2D eigenvalue weighted by atomic mass is 16.5. The molecule has 3 aromatic rings. The van der Waals surface area contributed by atoms with Crippen LogP contribution >= 0.6 is 0 Å². The van der Waals surface area contributed by atoms with Gasteiger partial charge in [0.1, 0.15) is 11.3 Å². The number of hydrazone groups is 1. The van der Waals surface area contributed by atoms with Crippen LogP contribution in [0.5, 0.6) is 5.75 Å². The normalized spacial score (nSPS) is 12.6. The number of carbonyl (C=O) groups is 1. The summed E-state index contributed by atoms with van der Waals surface area (Å²) in [6.07, 6.45) is -0.794. The topological polar surface area (TPSA) is 107 Å². The molecule has 3 rings (SSSR count). The van der Waals surface area contributed by atoms with E-state index in [1.165, 1.54) is 6.07 Å². The van der Waals surface area contributed by atoms with E-state index in [1.54, 1.807) is 44.2 Å². The van der Waals surface area contributed by atoms with Crippen molar-refractivity contribution >= 4 is 28.3 Å². The third-order valence-electron chi connectivity index (χ3n) is 4.27. The van der Waals surface area contributed by atoms with Crippen molar-refractivity contribution in [3.05, 3.63) is 70.1 Å². The number of rotatable bonds is 5. The van der Waals surface area contributed by atoms with Crippen molar-refractivity contribution in [2.75, 3.05) is 5.73 Å². The number of hydrogen-bond donors (Lipinski definition) is 2. The lowest BCUT2D eigenvalue weighted by molar-refractivity contribution is -0.127. The number of nitrogens with one attached hydrogen (secondary N) is 1. The van der Waals surface area contributed by atoms with E-state index in [0.717, 1.165) is 16.5 Å².